The van der Waals surface area contributed by atoms with Crippen LogP contribution in [0.25, 0.3) is 0 Å². The predicted octanol–water partition coefficient (Wildman–Crippen LogP) is 2.53. The zero-order chi connectivity index (χ0) is 15.5. The summed E-state index contributed by atoms with van der Waals surface area (Å²) in [5.74, 6) is 0.685. The maximum Gasteiger partial charge on any atom is 0.317 e. The maximum absolute atomic E-state index is 11.0. The standard InChI is InChI=1S/C16H23NO4/c1-16(2,3)17(11-15(18)19)10-12-5-6-13-14(9-12)21-8-4-7-20-13/h5-6,9H,4,7-8,10-11H2,1-3H3,(H,18,19). The van der Waals surface area contributed by atoms with E-state index < -0.39 is 5.97 Å². The molecule has 0 atom stereocenters. The van der Waals surface area contributed by atoms with Crippen LogP contribution in [0.3, 0.4) is 0 Å². The Morgan fingerprint density at radius 3 is 2.52 bits per heavy atom. The topological polar surface area (TPSA) is 59.0 Å². The van der Waals surface area contributed by atoms with Gasteiger partial charge in [0.05, 0.1) is 19.8 Å². The van der Waals surface area contributed by atoms with Crippen LogP contribution in [0, 0.1) is 0 Å². The lowest BCUT2D eigenvalue weighted by atomic mass is 10.0. The van der Waals surface area contributed by atoms with E-state index in [0.29, 0.717) is 19.8 Å². The third kappa shape index (κ3) is 4.36. The molecule has 0 bridgehead atoms. The SMILES string of the molecule is CC(C)(C)N(CC(=O)O)Cc1ccc2c(c1)OCCCO2. The zero-order valence-corrected chi connectivity index (χ0v) is 12.9. The van der Waals surface area contributed by atoms with Crippen LogP contribution in [0.2, 0.25) is 0 Å². The molecule has 0 aliphatic carbocycles. The average Bonchev–Trinajstić information content (AvgIpc) is 2.61. The summed E-state index contributed by atoms with van der Waals surface area (Å²) in [6.45, 7) is 7.93. The van der Waals surface area contributed by atoms with E-state index in [-0.39, 0.29) is 12.1 Å². The van der Waals surface area contributed by atoms with Crippen molar-refractivity contribution in [2.75, 3.05) is 19.8 Å². The highest BCUT2D eigenvalue weighted by molar-refractivity contribution is 5.69. The number of nitrogens with zero attached hydrogens (tertiary/aromatic N) is 1. The summed E-state index contributed by atoms with van der Waals surface area (Å²) in [6.07, 6.45) is 0.872. The first kappa shape index (κ1) is 15.6. The number of carboxylic acids is 1. The number of hydrogen-bond acceptors (Lipinski definition) is 4. The molecule has 1 aromatic rings. The summed E-state index contributed by atoms with van der Waals surface area (Å²) in [6, 6.07) is 5.81. The fraction of sp³-hybridized carbons (Fsp3) is 0.562. The van der Waals surface area contributed by atoms with Crippen LogP contribution in [0.15, 0.2) is 18.2 Å². The van der Waals surface area contributed by atoms with Crippen molar-refractivity contribution in [2.45, 2.75) is 39.3 Å². The number of ether oxygens (including phenoxy) is 2. The number of aliphatic carboxylic acids is 1. The van der Waals surface area contributed by atoms with Gasteiger partial charge in [-0.15, -0.1) is 0 Å². The molecule has 1 aromatic carbocycles. The minimum Gasteiger partial charge on any atom is -0.490 e. The van der Waals surface area contributed by atoms with E-state index in [4.69, 9.17) is 14.6 Å². The van der Waals surface area contributed by atoms with Gasteiger partial charge in [-0.25, -0.2) is 0 Å². The second-order valence-electron chi connectivity index (χ2n) is 6.25. The van der Waals surface area contributed by atoms with Gasteiger partial charge in [-0.05, 0) is 38.5 Å². The number of carboxylic acid groups (broad SMARTS) is 1. The van der Waals surface area contributed by atoms with Gasteiger partial charge in [0.2, 0.25) is 0 Å². The highest BCUT2D eigenvalue weighted by Crippen LogP contribution is 2.31. The molecular formula is C16H23NO4. The molecule has 116 valence electrons. The van der Waals surface area contributed by atoms with Gasteiger partial charge in [-0.3, -0.25) is 9.69 Å². The van der Waals surface area contributed by atoms with E-state index in [1.54, 1.807) is 0 Å². The van der Waals surface area contributed by atoms with Crippen LogP contribution < -0.4 is 9.47 Å². The summed E-state index contributed by atoms with van der Waals surface area (Å²) >= 11 is 0. The maximum atomic E-state index is 11.0. The molecule has 0 spiro atoms. The summed E-state index contributed by atoms with van der Waals surface area (Å²) in [5, 5.41) is 9.07. The highest BCUT2D eigenvalue weighted by atomic mass is 16.5. The smallest absolute Gasteiger partial charge is 0.317 e. The van der Waals surface area contributed by atoms with Gasteiger partial charge in [-0.1, -0.05) is 6.07 Å². The van der Waals surface area contributed by atoms with E-state index in [1.807, 2.05) is 43.9 Å². The number of carbonyl (C=O) groups is 1. The number of rotatable bonds is 4. The lowest BCUT2D eigenvalue weighted by molar-refractivity contribution is -0.139. The van der Waals surface area contributed by atoms with Gasteiger partial charge in [0.15, 0.2) is 11.5 Å². The molecule has 2 rings (SSSR count). The Hall–Kier alpha value is -1.75. The third-order valence-electron chi connectivity index (χ3n) is 3.46. The minimum atomic E-state index is -0.820. The number of hydrogen-bond donors (Lipinski definition) is 1. The molecule has 0 unspecified atom stereocenters. The molecule has 0 fully saturated rings. The first-order chi connectivity index (χ1) is 9.86. The molecule has 0 radical (unpaired) electrons. The van der Waals surface area contributed by atoms with Crippen molar-refractivity contribution in [2.24, 2.45) is 0 Å². The fourth-order valence-electron chi connectivity index (χ4n) is 2.22. The van der Waals surface area contributed by atoms with Crippen molar-refractivity contribution >= 4 is 5.97 Å². The summed E-state index contributed by atoms with van der Waals surface area (Å²) in [4.78, 5) is 13.0. The van der Waals surface area contributed by atoms with Gasteiger partial charge in [0.25, 0.3) is 0 Å². The predicted molar refractivity (Wildman–Crippen MR) is 79.8 cm³/mol. The van der Waals surface area contributed by atoms with Crippen molar-refractivity contribution < 1.29 is 19.4 Å². The van der Waals surface area contributed by atoms with Crippen LogP contribution >= 0.6 is 0 Å². The van der Waals surface area contributed by atoms with Gasteiger partial charge >= 0.3 is 5.97 Å². The van der Waals surface area contributed by atoms with E-state index >= 15 is 0 Å². The Morgan fingerprint density at radius 2 is 1.90 bits per heavy atom. The second-order valence-corrected chi connectivity index (χ2v) is 6.25. The fourth-order valence-corrected chi connectivity index (χ4v) is 2.22. The molecule has 1 N–H and O–H groups in total. The number of benzene rings is 1. The van der Waals surface area contributed by atoms with E-state index in [2.05, 4.69) is 0 Å². The minimum absolute atomic E-state index is 0.0118. The van der Waals surface area contributed by atoms with Crippen LogP contribution in [0.4, 0.5) is 0 Å². The quantitative estimate of drug-likeness (QED) is 0.924. The molecule has 0 amide bonds. The summed E-state index contributed by atoms with van der Waals surface area (Å²) < 4.78 is 11.3. The monoisotopic (exact) mass is 293 g/mol. The molecular weight excluding hydrogens is 270 g/mol. The molecule has 0 aromatic heterocycles. The van der Waals surface area contributed by atoms with Crippen molar-refractivity contribution in [1.29, 1.82) is 0 Å². The van der Waals surface area contributed by atoms with Crippen LogP contribution in [0.1, 0.15) is 32.8 Å². The molecule has 1 heterocycles. The van der Waals surface area contributed by atoms with Crippen LogP contribution in [-0.2, 0) is 11.3 Å². The lowest BCUT2D eigenvalue weighted by Crippen LogP contribution is -2.43. The van der Waals surface area contributed by atoms with E-state index in [1.165, 1.54) is 0 Å². The lowest BCUT2D eigenvalue weighted by Gasteiger charge is -2.34. The summed E-state index contributed by atoms with van der Waals surface area (Å²) in [7, 11) is 0. The molecule has 21 heavy (non-hydrogen) atoms. The zero-order valence-electron chi connectivity index (χ0n) is 12.9. The van der Waals surface area contributed by atoms with Crippen molar-refractivity contribution in [3.63, 3.8) is 0 Å². The number of fused-ring (bicyclic) bond motifs is 1. The largest absolute Gasteiger partial charge is 0.490 e. The van der Waals surface area contributed by atoms with Crippen LogP contribution in [0.5, 0.6) is 11.5 Å². The molecule has 5 nitrogen and oxygen atoms in total. The second kappa shape index (κ2) is 6.35. The van der Waals surface area contributed by atoms with Gasteiger partial charge < -0.3 is 14.6 Å². The van der Waals surface area contributed by atoms with Crippen molar-refractivity contribution in [3.05, 3.63) is 23.8 Å². The Labute approximate surface area is 125 Å². The Kier molecular flexibility index (Phi) is 4.73. The van der Waals surface area contributed by atoms with Gasteiger partial charge in [0, 0.05) is 18.5 Å². The van der Waals surface area contributed by atoms with Gasteiger partial charge in [-0.2, -0.15) is 0 Å². The van der Waals surface area contributed by atoms with Gasteiger partial charge in [0.1, 0.15) is 0 Å². The Bertz CT molecular complexity index is 507. The molecule has 5 heteroatoms. The third-order valence-corrected chi connectivity index (χ3v) is 3.46. The molecule has 0 saturated carbocycles. The Morgan fingerprint density at radius 1 is 1.24 bits per heavy atom. The highest BCUT2D eigenvalue weighted by Gasteiger charge is 2.24. The van der Waals surface area contributed by atoms with Crippen LogP contribution in [-0.4, -0.2) is 41.3 Å². The van der Waals surface area contributed by atoms with E-state index in [9.17, 15) is 4.79 Å². The van der Waals surface area contributed by atoms with Crippen molar-refractivity contribution in [1.82, 2.24) is 4.90 Å². The normalized spacial score (nSPS) is 14.9. The van der Waals surface area contributed by atoms with E-state index in [0.717, 1.165) is 23.5 Å². The summed E-state index contributed by atoms with van der Waals surface area (Å²) in [5.41, 5.74) is 0.804. The first-order valence-electron chi connectivity index (χ1n) is 7.21. The molecule has 1 aliphatic rings. The van der Waals surface area contributed by atoms with Crippen molar-refractivity contribution in [3.8, 4) is 11.5 Å². The Balaban J connectivity index is 2.17. The molecule has 0 saturated heterocycles. The first-order valence-corrected chi connectivity index (χ1v) is 7.21. The molecule has 1 aliphatic heterocycles. The average molecular weight is 293 g/mol.